The monoisotopic (exact) mass is 270 g/mol. The number of hydrogen-bond donors (Lipinski definition) is 1. The Kier molecular flexibility index (Phi) is 3.51. The van der Waals surface area contributed by atoms with E-state index in [1.807, 2.05) is 0 Å². The molecule has 0 saturated carbocycles. The molecule has 2 rings (SSSR count). The number of carboxylic acid groups (broad SMARTS) is 1. The molecule has 0 bridgehead atoms. The molecule has 0 radical (unpaired) electrons. The zero-order valence-electron chi connectivity index (χ0n) is 9.54. The maximum absolute atomic E-state index is 13.5. The minimum absolute atomic E-state index is 0.148. The number of carbonyl (C=O) groups is 2. The fraction of sp³-hybridized carbons (Fsp3) is 0.364. The van der Waals surface area contributed by atoms with Gasteiger partial charge in [0.25, 0.3) is 5.91 Å². The number of carboxylic acids is 1. The van der Waals surface area contributed by atoms with E-state index in [1.54, 1.807) is 6.92 Å². The van der Waals surface area contributed by atoms with Gasteiger partial charge in [-0.05, 0) is 13.0 Å². The van der Waals surface area contributed by atoms with E-state index in [9.17, 15) is 14.0 Å². The van der Waals surface area contributed by atoms with Gasteiger partial charge in [0.15, 0.2) is 5.82 Å². The Balaban J connectivity index is 2.33. The molecule has 1 amide bonds. The summed E-state index contributed by atoms with van der Waals surface area (Å²) in [5.74, 6) is -2.11. The Morgan fingerprint density at radius 2 is 2.33 bits per heavy atom. The van der Waals surface area contributed by atoms with Crippen LogP contribution in [0.2, 0.25) is 0 Å². The van der Waals surface area contributed by atoms with Crippen molar-refractivity contribution < 1.29 is 19.1 Å². The van der Waals surface area contributed by atoms with E-state index in [4.69, 9.17) is 5.11 Å². The minimum atomic E-state index is -1.07. The molecule has 96 valence electrons. The van der Waals surface area contributed by atoms with E-state index >= 15 is 0 Å². The number of pyridine rings is 1. The molecule has 2 unspecified atom stereocenters. The first-order valence-corrected chi connectivity index (χ1v) is 6.34. The largest absolute Gasteiger partial charge is 0.480 e. The molecular weight excluding hydrogens is 259 g/mol. The number of halogens is 1. The summed E-state index contributed by atoms with van der Waals surface area (Å²) in [5, 5.41) is 8.77. The van der Waals surface area contributed by atoms with Crippen molar-refractivity contribution in [2.24, 2.45) is 0 Å². The van der Waals surface area contributed by atoms with Crippen molar-refractivity contribution in [3.8, 4) is 0 Å². The number of thioether (sulfide) groups is 1. The van der Waals surface area contributed by atoms with Crippen molar-refractivity contribution >= 4 is 23.6 Å². The highest BCUT2D eigenvalue weighted by molar-refractivity contribution is 8.00. The van der Waals surface area contributed by atoms with Crippen LogP contribution in [0.5, 0.6) is 0 Å². The molecule has 1 aromatic heterocycles. The van der Waals surface area contributed by atoms with Gasteiger partial charge in [0.1, 0.15) is 6.04 Å². The van der Waals surface area contributed by atoms with Gasteiger partial charge in [0.2, 0.25) is 0 Å². The zero-order chi connectivity index (χ0) is 13.3. The average molecular weight is 270 g/mol. The molecule has 1 fully saturated rings. The molecule has 7 heteroatoms. The molecule has 2 heterocycles. The molecule has 5 nitrogen and oxygen atoms in total. The number of carbonyl (C=O) groups excluding carboxylic acids is 1. The average Bonchev–Trinajstić information content (AvgIpc) is 2.71. The fourth-order valence-electron chi connectivity index (χ4n) is 1.83. The third-order valence-electron chi connectivity index (χ3n) is 2.75. The van der Waals surface area contributed by atoms with Crippen LogP contribution in [0.3, 0.4) is 0 Å². The quantitative estimate of drug-likeness (QED) is 0.874. The van der Waals surface area contributed by atoms with Gasteiger partial charge >= 0.3 is 5.97 Å². The molecule has 1 aliphatic heterocycles. The van der Waals surface area contributed by atoms with Crippen molar-refractivity contribution in [2.45, 2.75) is 18.3 Å². The van der Waals surface area contributed by atoms with Gasteiger partial charge in [-0.15, -0.1) is 11.8 Å². The van der Waals surface area contributed by atoms with Crippen molar-refractivity contribution in [1.82, 2.24) is 9.88 Å². The highest BCUT2D eigenvalue weighted by Gasteiger charge is 2.40. The van der Waals surface area contributed by atoms with Crippen molar-refractivity contribution in [1.29, 1.82) is 0 Å². The first kappa shape index (κ1) is 12.8. The van der Waals surface area contributed by atoms with Crippen LogP contribution in [0.4, 0.5) is 4.39 Å². The molecule has 1 aromatic rings. The summed E-state index contributed by atoms with van der Waals surface area (Å²) in [4.78, 5) is 28.0. The minimum Gasteiger partial charge on any atom is -0.480 e. The van der Waals surface area contributed by atoms with Crippen LogP contribution in [-0.2, 0) is 4.79 Å². The summed E-state index contributed by atoms with van der Waals surface area (Å²) in [6.07, 6.45) is 2.25. The van der Waals surface area contributed by atoms with Gasteiger partial charge in [-0.25, -0.2) is 9.18 Å². The normalized spacial score (nSPS) is 23.1. The number of nitrogens with zero attached hydrogens (tertiary/aromatic N) is 2. The molecule has 0 aliphatic carbocycles. The van der Waals surface area contributed by atoms with Crippen LogP contribution in [0.1, 0.15) is 17.3 Å². The van der Waals surface area contributed by atoms with Crippen molar-refractivity contribution in [3.63, 3.8) is 0 Å². The van der Waals surface area contributed by atoms with Crippen LogP contribution < -0.4 is 0 Å². The van der Waals surface area contributed by atoms with Crippen LogP contribution in [0, 0.1) is 5.82 Å². The first-order valence-electron chi connectivity index (χ1n) is 5.29. The highest BCUT2D eigenvalue weighted by atomic mass is 32.2. The molecule has 0 aromatic carbocycles. The Morgan fingerprint density at radius 3 is 2.94 bits per heavy atom. The van der Waals surface area contributed by atoms with Gasteiger partial charge in [-0.2, -0.15) is 0 Å². The molecule has 1 N–H and O–H groups in total. The summed E-state index contributed by atoms with van der Waals surface area (Å²) in [6.45, 7) is 1.73. The summed E-state index contributed by atoms with van der Waals surface area (Å²) in [7, 11) is 0. The number of amides is 1. The lowest BCUT2D eigenvalue weighted by molar-refractivity contribution is -0.141. The second-order valence-electron chi connectivity index (χ2n) is 3.85. The number of hydrogen-bond acceptors (Lipinski definition) is 4. The molecule has 1 aliphatic rings. The van der Waals surface area contributed by atoms with Crippen LogP contribution in [0.25, 0.3) is 0 Å². The van der Waals surface area contributed by atoms with E-state index < -0.39 is 23.7 Å². The van der Waals surface area contributed by atoms with Crippen LogP contribution in [-0.4, -0.2) is 44.0 Å². The van der Waals surface area contributed by atoms with E-state index in [2.05, 4.69) is 4.98 Å². The van der Waals surface area contributed by atoms with Gasteiger partial charge in [-0.1, -0.05) is 0 Å². The third kappa shape index (κ3) is 2.17. The summed E-state index contributed by atoms with van der Waals surface area (Å²) < 4.78 is 13.5. The fourth-order valence-corrected chi connectivity index (χ4v) is 3.00. The number of rotatable bonds is 2. The molecule has 2 atom stereocenters. The lowest BCUT2D eigenvalue weighted by atomic mass is 10.2. The zero-order valence-corrected chi connectivity index (χ0v) is 10.4. The molecule has 18 heavy (non-hydrogen) atoms. The van der Waals surface area contributed by atoms with Gasteiger partial charge in [0.05, 0.1) is 17.1 Å². The van der Waals surface area contributed by atoms with Crippen molar-refractivity contribution in [3.05, 3.63) is 29.8 Å². The SMILES string of the molecule is CC1SCC(C(=O)O)N1C(=O)c1ccncc1F. The van der Waals surface area contributed by atoms with Crippen molar-refractivity contribution in [2.75, 3.05) is 5.75 Å². The van der Waals surface area contributed by atoms with E-state index in [0.717, 1.165) is 6.20 Å². The summed E-state index contributed by atoms with van der Waals surface area (Å²) >= 11 is 1.36. The summed E-state index contributed by atoms with van der Waals surface area (Å²) in [5.41, 5.74) is -0.148. The Hall–Kier alpha value is -1.63. The maximum Gasteiger partial charge on any atom is 0.327 e. The standard InChI is InChI=1S/C11H11FN2O3S/c1-6-14(9(5-18-6)11(16)17)10(15)7-2-3-13-4-8(7)12/h2-4,6,9H,5H2,1H3,(H,16,17). The van der Waals surface area contributed by atoms with Crippen LogP contribution in [0.15, 0.2) is 18.5 Å². The van der Waals surface area contributed by atoms with Gasteiger partial charge in [0, 0.05) is 11.9 Å². The topological polar surface area (TPSA) is 70.5 Å². The first-order chi connectivity index (χ1) is 8.52. The van der Waals surface area contributed by atoms with Crippen LogP contribution >= 0.6 is 11.8 Å². The van der Waals surface area contributed by atoms with Gasteiger partial charge < -0.3 is 10.0 Å². The predicted molar refractivity (Wildman–Crippen MR) is 63.7 cm³/mol. The number of aliphatic carboxylic acids is 1. The Morgan fingerprint density at radius 1 is 1.61 bits per heavy atom. The maximum atomic E-state index is 13.5. The predicted octanol–water partition coefficient (Wildman–Crippen LogP) is 1.21. The molecule has 1 saturated heterocycles. The molecular formula is C11H11FN2O3S. The Bertz CT molecular complexity index is 497. The van der Waals surface area contributed by atoms with E-state index in [1.165, 1.54) is 28.9 Å². The lowest BCUT2D eigenvalue weighted by Gasteiger charge is -2.25. The molecule has 0 spiro atoms. The highest BCUT2D eigenvalue weighted by Crippen LogP contribution is 2.30. The van der Waals surface area contributed by atoms with E-state index in [-0.39, 0.29) is 10.9 Å². The second-order valence-corrected chi connectivity index (χ2v) is 5.20. The third-order valence-corrected chi connectivity index (χ3v) is 3.96. The van der Waals surface area contributed by atoms with Gasteiger partial charge in [-0.3, -0.25) is 9.78 Å². The Labute approximate surface area is 107 Å². The summed E-state index contributed by atoms with van der Waals surface area (Å²) in [6, 6.07) is 0.344. The second kappa shape index (κ2) is 4.93. The smallest absolute Gasteiger partial charge is 0.327 e. The lowest BCUT2D eigenvalue weighted by Crippen LogP contribution is -2.45. The van der Waals surface area contributed by atoms with E-state index in [0.29, 0.717) is 5.75 Å². The number of aromatic nitrogens is 1.